The van der Waals surface area contributed by atoms with Crippen molar-refractivity contribution in [2.75, 3.05) is 11.9 Å². The molecule has 2 aromatic rings. The van der Waals surface area contributed by atoms with Crippen molar-refractivity contribution in [3.05, 3.63) is 22.0 Å². The number of nitrogens with one attached hydrogen (secondary N) is 1. The highest BCUT2D eigenvalue weighted by Gasteiger charge is 2.35. The molecule has 1 aliphatic heterocycles. The van der Waals surface area contributed by atoms with Gasteiger partial charge in [0.05, 0.1) is 12.2 Å². The van der Waals surface area contributed by atoms with E-state index in [4.69, 9.17) is 4.52 Å². The van der Waals surface area contributed by atoms with Gasteiger partial charge in [0, 0.05) is 23.8 Å². The zero-order valence-corrected chi connectivity index (χ0v) is 16.2. The Balaban J connectivity index is 1.53. The van der Waals surface area contributed by atoms with E-state index in [2.05, 4.69) is 15.5 Å². The lowest BCUT2D eigenvalue weighted by Gasteiger charge is -2.25. The summed E-state index contributed by atoms with van der Waals surface area (Å²) in [4.78, 5) is 17.6. The van der Waals surface area contributed by atoms with Crippen molar-refractivity contribution in [1.29, 1.82) is 0 Å². The molecule has 8 nitrogen and oxygen atoms in total. The van der Waals surface area contributed by atoms with Gasteiger partial charge < -0.3 is 9.84 Å². The molecule has 26 heavy (non-hydrogen) atoms. The molecule has 3 heterocycles. The Morgan fingerprint density at radius 3 is 2.73 bits per heavy atom. The highest BCUT2D eigenvalue weighted by Crippen LogP contribution is 2.34. The van der Waals surface area contributed by atoms with Gasteiger partial charge in [0.1, 0.15) is 10.6 Å². The van der Waals surface area contributed by atoms with E-state index in [0.717, 1.165) is 29.8 Å². The third-order valence-corrected chi connectivity index (χ3v) is 8.06. The van der Waals surface area contributed by atoms with E-state index in [1.54, 1.807) is 13.8 Å². The predicted octanol–water partition coefficient (Wildman–Crippen LogP) is 2.23. The van der Waals surface area contributed by atoms with Gasteiger partial charge in [-0.2, -0.15) is 4.31 Å². The van der Waals surface area contributed by atoms with E-state index in [1.807, 2.05) is 0 Å². The lowest BCUT2D eigenvalue weighted by atomic mass is 9.85. The van der Waals surface area contributed by atoms with Crippen LogP contribution in [0, 0.1) is 19.8 Å². The quantitative estimate of drug-likeness (QED) is 0.850. The number of aryl methyl sites for hydroxylation is 2. The van der Waals surface area contributed by atoms with E-state index < -0.39 is 10.0 Å². The second-order valence-electron chi connectivity index (χ2n) is 6.75. The molecule has 0 radical (unpaired) electrons. The Labute approximate surface area is 155 Å². The molecule has 1 fully saturated rings. The summed E-state index contributed by atoms with van der Waals surface area (Å²) in [7, 11) is -3.68. The zero-order valence-electron chi connectivity index (χ0n) is 14.6. The number of rotatable bonds is 4. The number of carbonyl (C=O) groups is 1. The number of aromatic nitrogens is 2. The van der Waals surface area contributed by atoms with Crippen molar-refractivity contribution >= 4 is 32.4 Å². The van der Waals surface area contributed by atoms with Crippen molar-refractivity contribution < 1.29 is 17.7 Å². The Hall–Kier alpha value is -1.78. The molecular formula is C16H20N4O4S2. The van der Waals surface area contributed by atoms with Gasteiger partial charge in [-0.05, 0) is 26.7 Å². The van der Waals surface area contributed by atoms with Crippen molar-refractivity contribution in [1.82, 2.24) is 14.4 Å². The molecule has 10 heteroatoms. The number of hydrogen-bond donors (Lipinski definition) is 1. The highest BCUT2D eigenvalue weighted by molar-refractivity contribution is 7.89. The lowest BCUT2D eigenvalue weighted by molar-refractivity contribution is -0.122. The van der Waals surface area contributed by atoms with Crippen LogP contribution >= 0.6 is 11.3 Å². The number of nitrogens with zero attached hydrogens (tertiary/aromatic N) is 3. The molecule has 0 unspecified atom stereocenters. The van der Waals surface area contributed by atoms with Crippen LogP contribution < -0.4 is 5.32 Å². The monoisotopic (exact) mass is 396 g/mol. The summed E-state index contributed by atoms with van der Waals surface area (Å²) in [6.07, 6.45) is 3.48. The van der Waals surface area contributed by atoms with Crippen molar-refractivity contribution in [2.45, 2.75) is 51.0 Å². The van der Waals surface area contributed by atoms with Gasteiger partial charge in [-0.3, -0.25) is 4.79 Å². The number of fused-ring (bicyclic) bond motifs is 1. The first-order valence-electron chi connectivity index (χ1n) is 8.58. The first-order valence-corrected chi connectivity index (χ1v) is 10.8. The molecule has 4 rings (SSSR count). The van der Waals surface area contributed by atoms with Crippen molar-refractivity contribution in [3.63, 3.8) is 0 Å². The van der Waals surface area contributed by atoms with E-state index in [0.29, 0.717) is 29.6 Å². The Morgan fingerprint density at radius 2 is 2.12 bits per heavy atom. The van der Waals surface area contributed by atoms with Crippen LogP contribution in [-0.4, -0.2) is 35.3 Å². The van der Waals surface area contributed by atoms with Gasteiger partial charge in [0.2, 0.25) is 15.9 Å². The third kappa shape index (κ3) is 2.95. The normalized spacial score (nSPS) is 18.4. The standard InChI is InChI=1S/C16H20N4O4S2/c1-9-14(10(2)24-19-9)26(22,23)20-7-6-12-13(8-20)25-16(17-12)18-15(21)11-4-3-5-11/h11H,3-8H2,1-2H3,(H,17,18,21). The maximum absolute atomic E-state index is 13.0. The summed E-state index contributed by atoms with van der Waals surface area (Å²) in [6.45, 7) is 3.82. The fourth-order valence-electron chi connectivity index (χ4n) is 3.28. The molecule has 0 bridgehead atoms. The van der Waals surface area contributed by atoms with Gasteiger partial charge in [-0.15, -0.1) is 11.3 Å². The number of anilines is 1. The van der Waals surface area contributed by atoms with Crippen LogP contribution in [0.4, 0.5) is 5.13 Å². The molecule has 1 N–H and O–H groups in total. The summed E-state index contributed by atoms with van der Waals surface area (Å²) in [6, 6.07) is 0. The number of thiazole rings is 1. The summed E-state index contributed by atoms with van der Waals surface area (Å²) >= 11 is 1.35. The summed E-state index contributed by atoms with van der Waals surface area (Å²) in [5.74, 6) is 0.404. The molecular weight excluding hydrogens is 376 g/mol. The minimum atomic E-state index is -3.68. The van der Waals surface area contributed by atoms with Crippen LogP contribution in [0.2, 0.25) is 0 Å². The average molecular weight is 396 g/mol. The molecule has 1 saturated carbocycles. The van der Waals surface area contributed by atoms with Crippen LogP contribution in [0.15, 0.2) is 9.42 Å². The minimum Gasteiger partial charge on any atom is -0.360 e. The first-order chi connectivity index (χ1) is 12.4. The maximum Gasteiger partial charge on any atom is 0.248 e. The zero-order chi connectivity index (χ0) is 18.5. The van der Waals surface area contributed by atoms with Crippen LogP contribution in [0.1, 0.15) is 41.3 Å². The topological polar surface area (TPSA) is 105 Å². The Bertz CT molecular complexity index is 940. The molecule has 2 aliphatic rings. The first kappa shape index (κ1) is 17.6. The molecule has 0 atom stereocenters. The summed E-state index contributed by atoms with van der Waals surface area (Å²) in [5.41, 5.74) is 1.23. The largest absolute Gasteiger partial charge is 0.360 e. The Morgan fingerprint density at radius 1 is 1.35 bits per heavy atom. The predicted molar refractivity (Wildman–Crippen MR) is 95.4 cm³/mol. The SMILES string of the molecule is Cc1noc(C)c1S(=O)(=O)N1CCc2nc(NC(=O)C3CCC3)sc2C1. The molecule has 2 aromatic heterocycles. The second-order valence-corrected chi connectivity index (χ2v) is 9.71. The summed E-state index contributed by atoms with van der Waals surface area (Å²) in [5, 5.41) is 7.19. The van der Waals surface area contributed by atoms with Gasteiger partial charge in [0.15, 0.2) is 10.9 Å². The molecule has 140 valence electrons. The summed E-state index contributed by atoms with van der Waals surface area (Å²) < 4.78 is 32.4. The fourth-order valence-corrected chi connectivity index (χ4v) is 6.09. The fraction of sp³-hybridized carbons (Fsp3) is 0.562. The van der Waals surface area contributed by atoms with Crippen LogP contribution in [0.25, 0.3) is 0 Å². The van der Waals surface area contributed by atoms with E-state index in [1.165, 1.54) is 15.6 Å². The van der Waals surface area contributed by atoms with Gasteiger partial charge in [-0.25, -0.2) is 13.4 Å². The lowest BCUT2D eigenvalue weighted by Crippen LogP contribution is -2.36. The van der Waals surface area contributed by atoms with E-state index in [-0.39, 0.29) is 23.3 Å². The number of carbonyl (C=O) groups excluding carboxylic acids is 1. The molecule has 1 aliphatic carbocycles. The smallest absolute Gasteiger partial charge is 0.248 e. The highest BCUT2D eigenvalue weighted by atomic mass is 32.2. The maximum atomic E-state index is 13.0. The van der Waals surface area contributed by atoms with Crippen molar-refractivity contribution in [2.24, 2.45) is 5.92 Å². The second kappa shape index (κ2) is 6.43. The van der Waals surface area contributed by atoms with E-state index in [9.17, 15) is 13.2 Å². The number of sulfonamides is 1. The van der Waals surface area contributed by atoms with Crippen LogP contribution in [0.5, 0.6) is 0 Å². The molecule has 0 spiro atoms. The minimum absolute atomic E-state index is 0.0162. The Kier molecular flexibility index (Phi) is 4.36. The van der Waals surface area contributed by atoms with Gasteiger partial charge in [0.25, 0.3) is 0 Å². The van der Waals surface area contributed by atoms with Gasteiger partial charge in [-0.1, -0.05) is 11.6 Å². The molecule has 0 aromatic carbocycles. The average Bonchev–Trinajstić information content (AvgIpc) is 3.07. The number of amides is 1. The van der Waals surface area contributed by atoms with Crippen molar-refractivity contribution in [3.8, 4) is 0 Å². The molecule has 0 saturated heterocycles. The molecule has 1 amide bonds. The number of hydrogen-bond acceptors (Lipinski definition) is 7. The van der Waals surface area contributed by atoms with Gasteiger partial charge >= 0.3 is 0 Å². The van der Waals surface area contributed by atoms with E-state index >= 15 is 0 Å². The van der Waals surface area contributed by atoms with Crippen LogP contribution in [0.3, 0.4) is 0 Å². The van der Waals surface area contributed by atoms with Crippen LogP contribution in [-0.2, 0) is 27.8 Å². The third-order valence-electron chi connectivity index (χ3n) is 4.97.